The molecule has 1 aliphatic carbocycles. The molecule has 0 spiro atoms. The van der Waals surface area contributed by atoms with Crippen molar-refractivity contribution >= 4 is 0 Å². The van der Waals surface area contributed by atoms with E-state index in [1.54, 1.807) is 0 Å². The number of ether oxygens (including phenoxy) is 1. The highest BCUT2D eigenvalue weighted by Gasteiger charge is 2.39. The van der Waals surface area contributed by atoms with Crippen LogP contribution in [-0.4, -0.2) is 13.1 Å². The molecule has 2 nitrogen and oxygen atoms in total. The lowest BCUT2D eigenvalue weighted by Gasteiger charge is -2.05. The fourth-order valence-corrected chi connectivity index (χ4v) is 2.29. The summed E-state index contributed by atoms with van der Waals surface area (Å²) in [5, 5.41) is 0. The highest BCUT2D eigenvalue weighted by molar-refractivity contribution is 5.46. The maximum absolute atomic E-state index is 7.64. The van der Waals surface area contributed by atoms with Crippen LogP contribution in [-0.2, 0) is 6.42 Å². The van der Waals surface area contributed by atoms with Gasteiger partial charge in [0.05, 0.1) is 9.30 Å². The second kappa shape index (κ2) is 2.99. The summed E-state index contributed by atoms with van der Waals surface area (Å²) in [7, 11) is 0. The average molecular weight is 191 g/mol. The smallest absolute Gasteiger partial charge is 0.122 e. The number of benzene rings is 1. The molecule has 0 aromatic heterocycles. The number of hydrogen-bond donors (Lipinski definition) is 1. The van der Waals surface area contributed by atoms with Crippen molar-refractivity contribution in [1.29, 1.82) is 0 Å². The molecular weight excluding hydrogens is 174 g/mol. The predicted molar refractivity (Wildman–Crippen MR) is 55.5 cm³/mol. The normalized spacial score (nSPS) is 34.1. The van der Waals surface area contributed by atoms with Gasteiger partial charge >= 0.3 is 0 Å². The summed E-state index contributed by atoms with van der Waals surface area (Å²) in [5.41, 5.74) is 7.95. The van der Waals surface area contributed by atoms with Crippen LogP contribution in [0.3, 0.4) is 0 Å². The van der Waals surface area contributed by atoms with E-state index in [0.29, 0.717) is 24.0 Å². The standard InChI is InChI=1S/C12H15NO/c13-7-8-6-11(8)9-2-1-3-12-10(9)4-5-14-12/h1-3,8,11H,4-7,13H2/t8-,11+/m0/s1/i5D2. The van der Waals surface area contributed by atoms with Crippen molar-refractivity contribution in [2.75, 3.05) is 13.1 Å². The van der Waals surface area contributed by atoms with E-state index in [0.717, 1.165) is 18.5 Å². The Morgan fingerprint density at radius 2 is 2.50 bits per heavy atom. The predicted octanol–water partition coefficient (Wildman–Crippen LogP) is 1.68. The second-order valence-electron chi connectivity index (χ2n) is 4.09. The molecule has 0 bridgehead atoms. The maximum Gasteiger partial charge on any atom is 0.122 e. The third kappa shape index (κ3) is 1.14. The fourth-order valence-electron chi connectivity index (χ4n) is 2.29. The molecule has 1 aromatic carbocycles. The van der Waals surface area contributed by atoms with Crippen LogP contribution >= 0.6 is 0 Å². The average Bonchev–Trinajstić information content (AvgIpc) is 2.92. The van der Waals surface area contributed by atoms with Crippen molar-refractivity contribution in [2.45, 2.75) is 18.8 Å². The first-order valence-corrected chi connectivity index (χ1v) is 5.11. The van der Waals surface area contributed by atoms with Gasteiger partial charge in [-0.2, -0.15) is 0 Å². The van der Waals surface area contributed by atoms with Gasteiger partial charge in [0.15, 0.2) is 0 Å². The minimum absolute atomic E-state index is 0.367. The van der Waals surface area contributed by atoms with Gasteiger partial charge in [-0.05, 0) is 36.4 Å². The van der Waals surface area contributed by atoms with Crippen molar-refractivity contribution in [1.82, 2.24) is 0 Å². The van der Waals surface area contributed by atoms with Gasteiger partial charge in [0, 0.05) is 12.0 Å². The van der Waals surface area contributed by atoms with Crippen molar-refractivity contribution in [3.05, 3.63) is 29.3 Å². The Bertz CT molecular complexity index is 433. The van der Waals surface area contributed by atoms with E-state index < -0.39 is 6.56 Å². The van der Waals surface area contributed by atoms with Gasteiger partial charge in [-0.3, -0.25) is 0 Å². The van der Waals surface area contributed by atoms with Crippen LogP contribution in [0, 0.1) is 5.92 Å². The molecule has 2 N–H and O–H groups in total. The molecule has 2 atom stereocenters. The van der Waals surface area contributed by atoms with Crippen LogP contribution < -0.4 is 10.5 Å². The molecule has 1 heterocycles. The summed E-state index contributed by atoms with van der Waals surface area (Å²) in [4.78, 5) is 0. The maximum atomic E-state index is 7.64. The van der Waals surface area contributed by atoms with Crippen LogP contribution in [0.4, 0.5) is 0 Å². The van der Waals surface area contributed by atoms with Gasteiger partial charge < -0.3 is 10.5 Å². The van der Waals surface area contributed by atoms with Gasteiger partial charge in [-0.25, -0.2) is 0 Å². The molecule has 1 aliphatic heterocycles. The van der Waals surface area contributed by atoms with Gasteiger partial charge in [0.2, 0.25) is 0 Å². The third-order valence-corrected chi connectivity index (χ3v) is 3.23. The zero-order chi connectivity index (χ0) is 11.3. The van der Waals surface area contributed by atoms with E-state index in [4.69, 9.17) is 13.2 Å². The van der Waals surface area contributed by atoms with E-state index in [2.05, 4.69) is 6.07 Å². The fraction of sp³-hybridized carbons (Fsp3) is 0.500. The highest BCUT2D eigenvalue weighted by Crippen LogP contribution is 2.49. The zero-order valence-corrected chi connectivity index (χ0v) is 7.99. The molecule has 1 aromatic rings. The molecule has 0 amide bonds. The molecule has 14 heavy (non-hydrogen) atoms. The lowest BCUT2D eigenvalue weighted by molar-refractivity contribution is 0.357. The summed E-state index contributed by atoms with van der Waals surface area (Å²) in [6.07, 6.45) is 1.50. The minimum atomic E-state index is -1.54. The van der Waals surface area contributed by atoms with Crippen molar-refractivity contribution in [3.63, 3.8) is 0 Å². The van der Waals surface area contributed by atoms with Crippen molar-refractivity contribution in [2.24, 2.45) is 11.7 Å². The van der Waals surface area contributed by atoms with E-state index in [1.165, 1.54) is 5.56 Å². The largest absolute Gasteiger partial charge is 0.493 e. The first kappa shape index (κ1) is 6.46. The van der Waals surface area contributed by atoms with Crippen molar-refractivity contribution in [3.8, 4) is 5.75 Å². The summed E-state index contributed by atoms with van der Waals surface area (Å²) in [5.74, 6) is 1.82. The monoisotopic (exact) mass is 191 g/mol. The Morgan fingerprint density at radius 1 is 1.57 bits per heavy atom. The molecular formula is C12H15NO. The van der Waals surface area contributed by atoms with Crippen LogP contribution in [0.25, 0.3) is 0 Å². The van der Waals surface area contributed by atoms with Crippen molar-refractivity contribution < 1.29 is 7.48 Å². The summed E-state index contributed by atoms with van der Waals surface area (Å²) in [6.45, 7) is -0.812. The molecule has 1 fully saturated rings. The van der Waals surface area contributed by atoms with E-state index in [9.17, 15) is 0 Å². The van der Waals surface area contributed by atoms with Gasteiger partial charge in [0.1, 0.15) is 5.75 Å². The summed E-state index contributed by atoms with van der Waals surface area (Å²) < 4.78 is 20.6. The van der Waals surface area contributed by atoms with Crippen LogP contribution in [0.2, 0.25) is 0 Å². The molecule has 1 saturated carbocycles. The highest BCUT2D eigenvalue weighted by atomic mass is 16.5. The lowest BCUT2D eigenvalue weighted by atomic mass is 10.00. The van der Waals surface area contributed by atoms with E-state index >= 15 is 0 Å². The van der Waals surface area contributed by atoms with E-state index in [1.807, 2.05) is 12.1 Å². The summed E-state index contributed by atoms with van der Waals surface area (Å²) >= 11 is 0. The van der Waals surface area contributed by atoms with Crippen LogP contribution in [0.5, 0.6) is 5.75 Å². The Labute approximate surface area is 86.9 Å². The third-order valence-electron chi connectivity index (χ3n) is 3.23. The number of hydrogen-bond acceptors (Lipinski definition) is 2. The number of rotatable bonds is 2. The molecule has 74 valence electrons. The lowest BCUT2D eigenvalue weighted by Crippen LogP contribution is -2.02. The number of fused-ring (bicyclic) bond motifs is 1. The Kier molecular flexibility index (Phi) is 1.38. The SMILES string of the molecule is [2H]C1([2H])Cc2c(cccc2[C@@H]2C[C@H]2CN)O1. The second-order valence-corrected chi connectivity index (χ2v) is 4.09. The molecule has 0 unspecified atom stereocenters. The molecule has 0 saturated heterocycles. The Balaban J connectivity index is 1.95. The van der Waals surface area contributed by atoms with Gasteiger partial charge in [-0.15, -0.1) is 0 Å². The molecule has 3 rings (SSSR count). The van der Waals surface area contributed by atoms with Crippen LogP contribution in [0.1, 0.15) is 26.2 Å². The van der Waals surface area contributed by atoms with Gasteiger partial charge in [-0.1, -0.05) is 12.1 Å². The topological polar surface area (TPSA) is 35.2 Å². The molecule has 2 aliphatic rings. The quantitative estimate of drug-likeness (QED) is 0.772. The van der Waals surface area contributed by atoms with E-state index in [-0.39, 0.29) is 0 Å². The molecule has 2 heteroatoms. The summed E-state index contributed by atoms with van der Waals surface area (Å²) in [6, 6.07) is 5.88. The minimum Gasteiger partial charge on any atom is -0.493 e. The Morgan fingerprint density at radius 3 is 3.29 bits per heavy atom. The van der Waals surface area contributed by atoms with Crippen LogP contribution in [0.15, 0.2) is 18.2 Å². The van der Waals surface area contributed by atoms with Gasteiger partial charge in [0.25, 0.3) is 0 Å². The zero-order valence-electron chi connectivity index (χ0n) is 9.99. The Hall–Kier alpha value is -1.02. The molecule has 0 radical (unpaired) electrons. The first-order chi connectivity index (χ1) is 7.61. The first-order valence-electron chi connectivity index (χ1n) is 6.11. The number of nitrogens with two attached hydrogens (primary N) is 1.